The van der Waals surface area contributed by atoms with E-state index in [9.17, 15) is 5.11 Å². The first kappa shape index (κ1) is 15.6. The summed E-state index contributed by atoms with van der Waals surface area (Å²) >= 11 is 0. The molecule has 16 heavy (non-hydrogen) atoms. The molecular formula is C13H26O3. The van der Waals surface area contributed by atoms with Crippen LogP contribution in [-0.2, 0) is 9.47 Å². The Morgan fingerprint density at radius 1 is 1.38 bits per heavy atom. The Balaban J connectivity index is 3.89. The molecule has 0 rings (SSSR count). The van der Waals surface area contributed by atoms with E-state index in [1.54, 1.807) is 0 Å². The molecule has 3 nitrogen and oxygen atoms in total. The molecule has 0 spiro atoms. The van der Waals surface area contributed by atoms with Crippen LogP contribution >= 0.6 is 0 Å². The molecule has 0 aliphatic carbocycles. The van der Waals surface area contributed by atoms with E-state index in [0.717, 1.165) is 5.57 Å². The Morgan fingerprint density at radius 2 is 1.94 bits per heavy atom. The van der Waals surface area contributed by atoms with Crippen molar-refractivity contribution in [3.8, 4) is 0 Å². The minimum atomic E-state index is -0.484. The molecule has 1 unspecified atom stereocenters. The van der Waals surface area contributed by atoms with E-state index in [1.807, 2.05) is 34.6 Å². The standard InChI is InChI=1S/C13H26O3/c1-10(2)8-16-13(5,6)7-12(14)9-15-11(3)4/h11-12,14H,1,7-9H2,2-6H3. The summed E-state index contributed by atoms with van der Waals surface area (Å²) < 4.78 is 11.0. The van der Waals surface area contributed by atoms with Crippen LogP contribution in [0.4, 0.5) is 0 Å². The summed E-state index contributed by atoms with van der Waals surface area (Å²) in [4.78, 5) is 0. The van der Waals surface area contributed by atoms with Gasteiger partial charge in [-0.25, -0.2) is 0 Å². The summed E-state index contributed by atoms with van der Waals surface area (Å²) in [5.41, 5.74) is 0.639. The number of aliphatic hydroxyl groups excluding tert-OH is 1. The predicted molar refractivity (Wildman–Crippen MR) is 66.6 cm³/mol. The van der Waals surface area contributed by atoms with E-state index < -0.39 is 6.10 Å². The fourth-order valence-electron chi connectivity index (χ4n) is 1.31. The summed E-state index contributed by atoms with van der Waals surface area (Å²) in [6.45, 7) is 14.4. The zero-order valence-corrected chi connectivity index (χ0v) is 11.2. The van der Waals surface area contributed by atoms with Gasteiger partial charge in [-0.05, 0) is 34.6 Å². The molecule has 0 radical (unpaired) electrons. The van der Waals surface area contributed by atoms with Gasteiger partial charge < -0.3 is 14.6 Å². The van der Waals surface area contributed by atoms with Crippen LogP contribution in [0.1, 0.15) is 41.0 Å². The average Bonchev–Trinajstić information content (AvgIpc) is 2.11. The first-order valence-electron chi connectivity index (χ1n) is 5.81. The fourth-order valence-corrected chi connectivity index (χ4v) is 1.31. The Labute approximate surface area is 99.5 Å². The van der Waals surface area contributed by atoms with Gasteiger partial charge in [0.05, 0.1) is 31.0 Å². The minimum absolute atomic E-state index is 0.147. The molecule has 1 N–H and O–H groups in total. The molecule has 1 atom stereocenters. The lowest BCUT2D eigenvalue weighted by Crippen LogP contribution is -2.33. The van der Waals surface area contributed by atoms with E-state index in [-0.39, 0.29) is 11.7 Å². The maximum absolute atomic E-state index is 9.77. The van der Waals surface area contributed by atoms with E-state index in [4.69, 9.17) is 9.47 Å². The van der Waals surface area contributed by atoms with Gasteiger partial charge in [-0.2, -0.15) is 0 Å². The first-order valence-corrected chi connectivity index (χ1v) is 5.81. The lowest BCUT2D eigenvalue weighted by Gasteiger charge is -2.28. The van der Waals surface area contributed by atoms with Crippen LogP contribution in [0.5, 0.6) is 0 Å². The normalized spacial score (nSPS) is 14.2. The Kier molecular flexibility index (Phi) is 6.88. The van der Waals surface area contributed by atoms with E-state index >= 15 is 0 Å². The Bertz CT molecular complexity index is 209. The van der Waals surface area contributed by atoms with Gasteiger partial charge in [0, 0.05) is 6.42 Å². The molecule has 0 aliphatic rings. The highest BCUT2D eigenvalue weighted by Gasteiger charge is 2.23. The molecule has 0 saturated heterocycles. The number of hydrogen-bond acceptors (Lipinski definition) is 3. The van der Waals surface area contributed by atoms with Gasteiger partial charge in [0.2, 0.25) is 0 Å². The van der Waals surface area contributed by atoms with Crippen molar-refractivity contribution in [3.05, 3.63) is 12.2 Å². The zero-order chi connectivity index (χ0) is 12.8. The van der Waals surface area contributed by atoms with Gasteiger partial charge in [-0.15, -0.1) is 0 Å². The third kappa shape index (κ3) is 8.89. The second-order valence-corrected chi connectivity index (χ2v) is 5.25. The van der Waals surface area contributed by atoms with Gasteiger partial charge >= 0.3 is 0 Å². The van der Waals surface area contributed by atoms with Crippen molar-refractivity contribution in [2.75, 3.05) is 13.2 Å². The van der Waals surface area contributed by atoms with Crippen molar-refractivity contribution in [1.82, 2.24) is 0 Å². The van der Waals surface area contributed by atoms with Crippen LogP contribution in [0.15, 0.2) is 12.2 Å². The Morgan fingerprint density at radius 3 is 2.38 bits per heavy atom. The lowest BCUT2D eigenvalue weighted by molar-refractivity contribution is -0.0651. The van der Waals surface area contributed by atoms with Crippen LogP contribution in [0, 0.1) is 0 Å². The van der Waals surface area contributed by atoms with Gasteiger partial charge in [0.1, 0.15) is 0 Å². The fraction of sp³-hybridized carbons (Fsp3) is 0.846. The number of rotatable bonds is 8. The van der Waals surface area contributed by atoms with Crippen LogP contribution in [0.3, 0.4) is 0 Å². The monoisotopic (exact) mass is 230 g/mol. The number of hydrogen-bond donors (Lipinski definition) is 1. The molecule has 3 heteroatoms. The molecule has 0 amide bonds. The lowest BCUT2D eigenvalue weighted by atomic mass is 10.0. The highest BCUT2D eigenvalue weighted by atomic mass is 16.5. The SMILES string of the molecule is C=C(C)COC(C)(C)CC(O)COC(C)C. The molecule has 0 saturated carbocycles. The maximum Gasteiger partial charge on any atom is 0.0801 e. The molecule has 96 valence electrons. The van der Waals surface area contributed by atoms with Gasteiger partial charge in [-0.1, -0.05) is 12.2 Å². The zero-order valence-electron chi connectivity index (χ0n) is 11.2. The molecule has 0 heterocycles. The highest BCUT2D eigenvalue weighted by Crippen LogP contribution is 2.18. The smallest absolute Gasteiger partial charge is 0.0801 e. The maximum atomic E-state index is 9.77. The predicted octanol–water partition coefficient (Wildman–Crippen LogP) is 2.53. The summed E-state index contributed by atoms with van der Waals surface area (Å²) in [5.74, 6) is 0. The van der Waals surface area contributed by atoms with Gasteiger partial charge in [-0.3, -0.25) is 0 Å². The van der Waals surface area contributed by atoms with E-state index in [1.165, 1.54) is 0 Å². The summed E-state index contributed by atoms with van der Waals surface area (Å²) in [6.07, 6.45) is 0.226. The van der Waals surface area contributed by atoms with Crippen molar-refractivity contribution < 1.29 is 14.6 Å². The molecule has 0 aromatic carbocycles. The average molecular weight is 230 g/mol. The second-order valence-electron chi connectivity index (χ2n) is 5.25. The molecule has 0 fully saturated rings. The molecule has 0 aromatic heterocycles. The van der Waals surface area contributed by atoms with Crippen molar-refractivity contribution in [2.45, 2.75) is 58.8 Å². The first-order chi connectivity index (χ1) is 7.23. The largest absolute Gasteiger partial charge is 0.391 e. The quantitative estimate of drug-likeness (QED) is 0.651. The third-order valence-electron chi connectivity index (χ3n) is 2.06. The number of aliphatic hydroxyl groups is 1. The van der Waals surface area contributed by atoms with Crippen molar-refractivity contribution >= 4 is 0 Å². The summed E-state index contributed by atoms with van der Waals surface area (Å²) in [7, 11) is 0. The van der Waals surface area contributed by atoms with Crippen molar-refractivity contribution in [1.29, 1.82) is 0 Å². The van der Waals surface area contributed by atoms with Gasteiger partial charge in [0.25, 0.3) is 0 Å². The topological polar surface area (TPSA) is 38.7 Å². The van der Waals surface area contributed by atoms with Crippen LogP contribution in [0.25, 0.3) is 0 Å². The minimum Gasteiger partial charge on any atom is -0.391 e. The van der Waals surface area contributed by atoms with Crippen LogP contribution in [-0.4, -0.2) is 36.1 Å². The molecule has 0 aliphatic heterocycles. The molecule has 0 bridgehead atoms. The third-order valence-corrected chi connectivity index (χ3v) is 2.06. The molecule has 0 aromatic rings. The highest BCUT2D eigenvalue weighted by molar-refractivity contribution is 4.89. The van der Waals surface area contributed by atoms with Crippen molar-refractivity contribution in [2.24, 2.45) is 0 Å². The van der Waals surface area contributed by atoms with Gasteiger partial charge in [0.15, 0.2) is 0 Å². The second kappa shape index (κ2) is 7.05. The van der Waals surface area contributed by atoms with Crippen LogP contribution < -0.4 is 0 Å². The van der Waals surface area contributed by atoms with E-state index in [2.05, 4.69) is 6.58 Å². The Hall–Kier alpha value is -0.380. The number of ether oxygens (including phenoxy) is 2. The molecular weight excluding hydrogens is 204 g/mol. The van der Waals surface area contributed by atoms with E-state index in [0.29, 0.717) is 19.6 Å². The van der Waals surface area contributed by atoms with Crippen LogP contribution in [0.2, 0.25) is 0 Å². The summed E-state index contributed by atoms with van der Waals surface area (Å²) in [5, 5.41) is 9.77. The van der Waals surface area contributed by atoms with Crippen molar-refractivity contribution in [3.63, 3.8) is 0 Å². The summed E-state index contributed by atoms with van der Waals surface area (Å²) in [6, 6.07) is 0.